The topological polar surface area (TPSA) is 93.2 Å². The number of thioether (sulfide) groups is 1. The number of hydrogen-bond donors (Lipinski definition) is 2. The second-order valence-electron chi connectivity index (χ2n) is 6.20. The van der Waals surface area contributed by atoms with Crippen LogP contribution in [-0.2, 0) is 9.53 Å². The minimum atomic E-state index is -0.417. The Balaban J connectivity index is 1.50. The Morgan fingerprint density at radius 3 is 2.45 bits per heavy atom. The molecule has 7 nitrogen and oxygen atoms in total. The average Bonchev–Trinajstić information content (AvgIpc) is 3.16. The zero-order valence-electron chi connectivity index (χ0n) is 16.2. The van der Waals surface area contributed by atoms with Crippen molar-refractivity contribution < 1.29 is 14.3 Å². The highest BCUT2D eigenvalue weighted by Crippen LogP contribution is 2.28. The van der Waals surface area contributed by atoms with Gasteiger partial charge in [0.05, 0.1) is 18.4 Å². The van der Waals surface area contributed by atoms with Crippen molar-refractivity contribution in [2.45, 2.75) is 18.2 Å². The Bertz CT molecular complexity index is 1020. The van der Waals surface area contributed by atoms with E-state index in [0.717, 1.165) is 5.69 Å². The Morgan fingerprint density at radius 1 is 1.03 bits per heavy atom. The summed E-state index contributed by atoms with van der Waals surface area (Å²) in [4.78, 5) is 23.6. The number of nitrogens with one attached hydrogen (secondary N) is 2. The first-order chi connectivity index (χ1) is 13.9. The van der Waals surface area contributed by atoms with E-state index < -0.39 is 5.97 Å². The number of benzene rings is 2. The second kappa shape index (κ2) is 9.53. The van der Waals surface area contributed by atoms with E-state index in [0.29, 0.717) is 20.7 Å². The van der Waals surface area contributed by atoms with Gasteiger partial charge in [-0.25, -0.2) is 4.79 Å². The first kappa shape index (κ1) is 20.8. The predicted octanol–water partition coefficient (Wildman–Crippen LogP) is 4.42. The van der Waals surface area contributed by atoms with Gasteiger partial charge in [-0.1, -0.05) is 29.2 Å². The van der Waals surface area contributed by atoms with Crippen molar-refractivity contribution in [2.24, 2.45) is 0 Å². The van der Waals surface area contributed by atoms with E-state index in [4.69, 9.17) is 0 Å². The standard InChI is InChI=1S/C20H20N4O3S2/c1-12-4-7-16(10-13(12)2)22-19-23-24-20(29-19)28-11-17(25)21-15-8-5-14(6-9-15)18(26)27-3/h4-10H,11H2,1-3H3,(H,21,25)(H,22,23). The molecule has 0 saturated heterocycles. The molecule has 2 aromatic carbocycles. The molecule has 1 heterocycles. The lowest BCUT2D eigenvalue weighted by molar-refractivity contribution is -0.113. The number of aromatic nitrogens is 2. The van der Waals surface area contributed by atoms with Gasteiger partial charge in [0.25, 0.3) is 0 Å². The number of ether oxygens (including phenoxy) is 1. The lowest BCUT2D eigenvalue weighted by Crippen LogP contribution is -2.14. The van der Waals surface area contributed by atoms with E-state index >= 15 is 0 Å². The number of carbonyl (C=O) groups excluding carboxylic acids is 2. The maximum Gasteiger partial charge on any atom is 0.337 e. The molecule has 0 saturated carbocycles. The summed E-state index contributed by atoms with van der Waals surface area (Å²) in [6, 6.07) is 12.6. The van der Waals surface area contributed by atoms with Crippen LogP contribution in [0.4, 0.5) is 16.5 Å². The molecular weight excluding hydrogens is 408 g/mol. The monoisotopic (exact) mass is 428 g/mol. The van der Waals surface area contributed by atoms with E-state index in [-0.39, 0.29) is 11.7 Å². The Morgan fingerprint density at radius 2 is 1.76 bits per heavy atom. The molecule has 3 aromatic rings. The minimum absolute atomic E-state index is 0.167. The summed E-state index contributed by atoms with van der Waals surface area (Å²) < 4.78 is 5.35. The number of rotatable bonds is 7. The van der Waals surface area contributed by atoms with Gasteiger partial charge >= 0.3 is 5.97 Å². The Labute approximate surface area is 176 Å². The minimum Gasteiger partial charge on any atom is -0.465 e. The summed E-state index contributed by atoms with van der Waals surface area (Å²) in [6.07, 6.45) is 0. The van der Waals surface area contributed by atoms with E-state index in [1.54, 1.807) is 24.3 Å². The maximum atomic E-state index is 12.1. The third-order valence-electron chi connectivity index (χ3n) is 4.08. The van der Waals surface area contributed by atoms with Gasteiger partial charge in [0.2, 0.25) is 11.0 Å². The zero-order chi connectivity index (χ0) is 20.8. The highest BCUT2D eigenvalue weighted by molar-refractivity contribution is 8.01. The molecule has 0 aliphatic rings. The Hall–Kier alpha value is -2.91. The molecule has 29 heavy (non-hydrogen) atoms. The molecule has 0 bridgehead atoms. The van der Waals surface area contributed by atoms with Crippen LogP contribution in [0.5, 0.6) is 0 Å². The van der Waals surface area contributed by atoms with Crippen LogP contribution in [0.25, 0.3) is 0 Å². The molecule has 150 valence electrons. The number of amides is 1. The van der Waals surface area contributed by atoms with Gasteiger partial charge < -0.3 is 15.4 Å². The summed E-state index contributed by atoms with van der Waals surface area (Å²) >= 11 is 2.71. The summed E-state index contributed by atoms with van der Waals surface area (Å²) in [7, 11) is 1.32. The molecule has 0 atom stereocenters. The van der Waals surface area contributed by atoms with E-state index in [1.165, 1.54) is 41.3 Å². The maximum absolute atomic E-state index is 12.1. The molecule has 1 amide bonds. The molecule has 0 spiro atoms. The van der Waals surface area contributed by atoms with Crippen molar-refractivity contribution in [1.82, 2.24) is 10.2 Å². The quantitative estimate of drug-likeness (QED) is 0.425. The van der Waals surface area contributed by atoms with Crippen molar-refractivity contribution in [3.05, 3.63) is 59.2 Å². The van der Waals surface area contributed by atoms with E-state index in [1.807, 2.05) is 6.07 Å². The molecule has 0 aliphatic carbocycles. The fraction of sp³-hybridized carbons (Fsp3) is 0.200. The summed E-state index contributed by atoms with van der Waals surface area (Å²) in [5.74, 6) is -0.378. The lowest BCUT2D eigenvalue weighted by Gasteiger charge is -2.05. The van der Waals surface area contributed by atoms with Crippen molar-refractivity contribution in [2.75, 3.05) is 23.5 Å². The molecule has 0 unspecified atom stereocenters. The van der Waals surface area contributed by atoms with Crippen LogP contribution in [0.3, 0.4) is 0 Å². The molecule has 3 rings (SSSR count). The molecule has 9 heteroatoms. The van der Waals surface area contributed by atoms with Crippen LogP contribution in [0, 0.1) is 13.8 Å². The normalized spacial score (nSPS) is 10.4. The van der Waals surface area contributed by atoms with Crippen LogP contribution in [0.2, 0.25) is 0 Å². The molecular formula is C20H20N4O3S2. The number of hydrogen-bond acceptors (Lipinski definition) is 8. The highest BCUT2D eigenvalue weighted by atomic mass is 32.2. The largest absolute Gasteiger partial charge is 0.465 e. The molecule has 2 N–H and O–H groups in total. The number of anilines is 3. The number of nitrogens with zero attached hydrogens (tertiary/aromatic N) is 2. The second-order valence-corrected chi connectivity index (χ2v) is 8.40. The van der Waals surface area contributed by atoms with Crippen LogP contribution >= 0.6 is 23.1 Å². The SMILES string of the molecule is COC(=O)c1ccc(NC(=O)CSc2nnc(Nc3ccc(C)c(C)c3)s2)cc1. The van der Waals surface area contributed by atoms with Gasteiger partial charge in [-0.3, -0.25) is 4.79 Å². The highest BCUT2D eigenvalue weighted by Gasteiger charge is 2.10. The fourth-order valence-corrected chi connectivity index (χ4v) is 3.97. The fourth-order valence-electron chi connectivity index (χ4n) is 2.39. The molecule has 0 radical (unpaired) electrons. The van der Waals surface area contributed by atoms with Crippen LogP contribution < -0.4 is 10.6 Å². The molecule has 0 fully saturated rings. The van der Waals surface area contributed by atoms with Gasteiger partial charge in [0.15, 0.2) is 4.34 Å². The number of esters is 1. The van der Waals surface area contributed by atoms with Gasteiger partial charge in [0, 0.05) is 11.4 Å². The number of methoxy groups -OCH3 is 1. The molecule has 1 aromatic heterocycles. The van der Waals surface area contributed by atoms with E-state index in [2.05, 4.69) is 51.5 Å². The van der Waals surface area contributed by atoms with Crippen molar-refractivity contribution >= 4 is 51.5 Å². The summed E-state index contributed by atoms with van der Waals surface area (Å²) in [6.45, 7) is 4.13. The summed E-state index contributed by atoms with van der Waals surface area (Å²) in [5.41, 5.74) is 4.42. The first-order valence-electron chi connectivity index (χ1n) is 8.73. The Kier molecular flexibility index (Phi) is 6.84. The van der Waals surface area contributed by atoms with Gasteiger partial charge in [-0.05, 0) is 61.4 Å². The van der Waals surface area contributed by atoms with Crippen molar-refractivity contribution in [3.8, 4) is 0 Å². The molecule has 0 aliphatic heterocycles. The van der Waals surface area contributed by atoms with Crippen LogP contribution in [0.15, 0.2) is 46.8 Å². The third-order valence-corrected chi connectivity index (χ3v) is 6.05. The summed E-state index contributed by atoms with van der Waals surface area (Å²) in [5, 5.41) is 14.9. The lowest BCUT2D eigenvalue weighted by atomic mass is 10.1. The van der Waals surface area contributed by atoms with E-state index in [9.17, 15) is 9.59 Å². The van der Waals surface area contributed by atoms with Crippen LogP contribution in [-0.4, -0.2) is 34.9 Å². The predicted molar refractivity (Wildman–Crippen MR) is 116 cm³/mol. The third kappa shape index (κ3) is 5.78. The smallest absolute Gasteiger partial charge is 0.337 e. The van der Waals surface area contributed by atoms with Crippen molar-refractivity contribution in [1.29, 1.82) is 0 Å². The van der Waals surface area contributed by atoms with Crippen molar-refractivity contribution in [3.63, 3.8) is 0 Å². The average molecular weight is 429 g/mol. The van der Waals surface area contributed by atoms with Crippen LogP contribution in [0.1, 0.15) is 21.5 Å². The number of aryl methyl sites for hydroxylation is 2. The first-order valence-corrected chi connectivity index (χ1v) is 10.5. The van der Waals surface area contributed by atoms with Gasteiger partial charge in [0.1, 0.15) is 0 Å². The van der Waals surface area contributed by atoms with Gasteiger partial charge in [-0.2, -0.15) is 0 Å². The zero-order valence-corrected chi connectivity index (χ0v) is 17.8. The number of carbonyl (C=O) groups is 2. The van der Waals surface area contributed by atoms with Gasteiger partial charge in [-0.15, -0.1) is 10.2 Å².